The number of anilines is 1. The summed E-state index contributed by atoms with van der Waals surface area (Å²) >= 11 is 1.50. The number of aliphatic hydroxyl groups excluding tert-OH is 1. The molecule has 0 saturated carbocycles. The number of fused-ring (bicyclic) bond motifs is 1. The second kappa shape index (κ2) is 8.02. The Bertz CT molecular complexity index is 868. The summed E-state index contributed by atoms with van der Waals surface area (Å²) in [5.74, 6) is 0.168. The monoisotopic (exact) mass is 359 g/mol. The molecule has 2 aromatic heterocycles. The van der Waals surface area contributed by atoms with Gasteiger partial charge in [-0.1, -0.05) is 0 Å². The Kier molecular flexibility index (Phi) is 5.54. The average molecular weight is 359 g/mol. The van der Waals surface area contributed by atoms with Gasteiger partial charge in [-0.15, -0.1) is 11.3 Å². The van der Waals surface area contributed by atoms with Crippen molar-refractivity contribution < 1.29 is 19.4 Å². The number of nitrogens with one attached hydrogen (secondary N) is 1. The second-order valence-corrected chi connectivity index (χ2v) is 6.04. The highest BCUT2D eigenvalue weighted by Crippen LogP contribution is 2.33. The summed E-state index contributed by atoms with van der Waals surface area (Å²) in [4.78, 5) is 21.1. The summed E-state index contributed by atoms with van der Waals surface area (Å²) < 4.78 is 10.9. The Hall–Kier alpha value is -2.55. The molecular formula is C17H17N3O4S. The maximum absolute atomic E-state index is 11.4. The number of ether oxygens (including phenoxy) is 2. The van der Waals surface area contributed by atoms with Gasteiger partial charge in [-0.3, -0.25) is 9.78 Å². The summed E-state index contributed by atoms with van der Waals surface area (Å²) in [6.07, 6.45) is 1.76. The molecule has 1 aromatic carbocycles. The molecule has 0 aliphatic rings. The third-order valence-electron chi connectivity index (χ3n) is 3.43. The zero-order valence-electron chi connectivity index (χ0n) is 13.6. The van der Waals surface area contributed by atoms with Crippen molar-refractivity contribution in [1.29, 1.82) is 0 Å². The number of methoxy groups -OCH3 is 1. The summed E-state index contributed by atoms with van der Waals surface area (Å²) in [5.41, 5.74) is 3.82. The fourth-order valence-electron chi connectivity index (χ4n) is 2.30. The second-order valence-electron chi connectivity index (χ2n) is 5.15. The minimum atomic E-state index is -0.572. The Labute approximate surface area is 148 Å². The van der Waals surface area contributed by atoms with Gasteiger partial charge >= 0.3 is 0 Å². The summed E-state index contributed by atoms with van der Waals surface area (Å²) in [7, 11) is 1.61. The molecule has 130 valence electrons. The number of benzene rings is 1. The molecule has 7 nitrogen and oxygen atoms in total. The lowest BCUT2D eigenvalue weighted by atomic mass is 10.1. The molecule has 2 N–H and O–H groups in total. The van der Waals surface area contributed by atoms with Crippen molar-refractivity contribution in [2.75, 3.05) is 32.2 Å². The smallest absolute Gasteiger partial charge is 0.250 e. The number of hydrogen-bond donors (Lipinski definition) is 2. The van der Waals surface area contributed by atoms with Crippen LogP contribution in [0.25, 0.3) is 21.5 Å². The molecule has 3 rings (SSSR count). The number of aliphatic hydroxyl groups is 1. The van der Waals surface area contributed by atoms with Gasteiger partial charge in [-0.25, -0.2) is 4.98 Å². The first-order valence-electron chi connectivity index (χ1n) is 7.57. The van der Waals surface area contributed by atoms with Crippen molar-refractivity contribution >= 4 is 33.8 Å². The molecule has 0 bridgehead atoms. The summed E-state index contributed by atoms with van der Waals surface area (Å²) in [6, 6.07) is 7.16. The first-order chi connectivity index (χ1) is 12.2. The van der Waals surface area contributed by atoms with E-state index in [1.165, 1.54) is 11.3 Å². The average Bonchev–Trinajstić information content (AvgIpc) is 3.16. The zero-order chi connectivity index (χ0) is 17.6. The van der Waals surface area contributed by atoms with Gasteiger partial charge in [-0.2, -0.15) is 0 Å². The minimum Gasteiger partial charge on any atom is -0.490 e. The van der Waals surface area contributed by atoms with Crippen LogP contribution in [-0.2, 0) is 9.53 Å². The number of nitrogens with zero attached hydrogens (tertiary/aromatic N) is 2. The van der Waals surface area contributed by atoms with Crippen LogP contribution >= 0.6 is 11.3 Å². The van der Waals surface area contributed by atoms with Gasteiger partial charge in [-0.05, 0) is 18.2 Å². The van der Waals surface area contributed by atoms with Crippen LogP contribution in [0.3, 0.4) is 0 Å². The third-order valence-corrected chi connectivity index (χ3v) is 4.22. The van der Waals surface area contributed by atoms with Gasteiger partial charge in [0, 0.05) is 30.4 Å². The van der Waals surface area contributed by atoms with Crippen molar-refractivity contribution in [3.63, 3.8) is 0 Å². The lowest BCUT2D eigenvalue weighted by Crippen LogP contribution is -2.15. The van der Waals surface area contributed by atoms with Crippen LogP contribution in [0.5, 0.6) is 5.75 Å². The number of thiazole rings is 1. The fourth-order valence-corrected chi connectivity index (χ4v) is 2.88. The molecule has 0 radical (unpaired) electrons. The van der Waals surface area contributed by atoms with E-state index in [9.17, 15) is 4.79 Å². The number of rotatable bonds is 7. The van der Waals surface area contributed by atoms with Gasteiger partial charge in [0.1, 0.15) is 19.0 Å². The number of amides is 1. The maximum Gasteiger partial charge on any atom is 0.250 e. The number of carbonyl (C=O) groups excluding carboxylic acids is 1. The Morgan fingerprint density at radius 2 is 2.20 bits per heavy atom. The lowest BCUT2D eigenvalue weighted by Gasteiger charge is -2.12. The largest absolute Gasteiger partial charge is 0.490 e. The van der Waals surface area contributed by atoms with E-state index in [0.29, 0.717) is 24.7 Å². The molecule has 8 heteroatoms. The van der Waals surface area contributed by atoms with E-state index < -0.39 is 12.5 Å². The van der Waals surface area contributed by atoms with E-state index in [-0.39, 0.29) is 0 Å². The molecule has 0 fully saturated rings. The summed E-state index contributed by atoms with van der Waals surface area (Å²) in [6.45, 7) is 0.281. The highest BCUT2D eigenvalue weighted by Gasteiger charge is 2.11. The molecule has 0 saturated heterocycles. The molecule has 3 aromatic rings. The van der Waals surface area contributed by atoms with Gasteiger partial charge in [0.05, 0.1) is 28.2 Å². The number of aromatic nitrogens is 2. The predicted octanol–water partition coefficient (Wildman–Crippen LogP) is 2.31. The topological polar surface area (TPSA) is 93.6 Å². The number of pyridine rings is 1. The van der Waals surface area contributed by atoms with Crippen molar-refractivity contribution in [3.05, 3.63) is 36.0 Å². The highest BCUT2D eigenvalue weighted by atomic mass is 32.1. The van der Waals surface area contributed by atoms with Crippen LogP contribution in [0.2, 0.25) is 0 Å². The molecule has 2 heterocycles. The zero-order valence-corrected chi connectivity index (χ0v) is 14.4. The van der Waals surface area contributed by atoms with E-state index in [0.717, 1.165) is 21.5 Å². The Morgan fingerprint density at radius 3 is 2.92 bits per heavy atom. The van der Waals surface area contributed by atoms with Crippen LogP contribution in [0, 0.1) is 0 Å². The van der Waals surface area contributed by atoms with Gasteiger partial charge in [0.25, 0.3) is 0 Å². The molecule has 0 atom stereocenters. The molecule has 0 spiro atoms. The lowest BCUT2D eigenvalue weighted by molar-refractivity contribution is -0.118. The highest BCUT2D eigenvalue weighted by molar-refractivity contribution is 7.13. The number of carbonyl (C=O) groups is 1. The molecule has 25 heavy (non-hydrogen) atoms. The van der Waals surface area contributed by atoms with E-state index in [1.54, 1.807) is 37.0 Å². The molecular weight excluding hydrogens is 342 g/mol. The molecule has 0 aliphatic carbocycles. The van der Waals surface area contributed by atoms with Gasteiger partial charge in [0.15, 0.2) is 0 Å². The fraction of sp³-hybridized carbons (Fsp3) is 0.235. The molecule has 0 unspecified atom stereocenters. The van der Waals surface area contributed by atoms with E-state index >= 15 is 0 Å². The Balaban J connectivity index is 2.03. The van der Waals surface area contributed by atoms with Gasteiger partial charge in [0.2, 0.25) is 5.91 Å². The van der Waals surface area contributed by atoms with Crippen LogP contribution in [0.4, 0.5) is 5.69 Å². The van der Waals surface area contributed by atoms with Crippen molar-refractivity contribution in [3.8, 4) is 16.3 Å². The first-order valence-corrected chi connectivity index (χ1v) is 8.45. The standard InChI is InChI=1S/C17H17N3O4S/c1-23-4-5-24-15-7-14(16-8-18-10-25-16)20-13-3-2-11(6-12(13)15)19-17(22)9-21/h2-3,6-8,10,21H,4-5,9H2,1H3,(H,19,22). The number of hydrogen-bond acceptors (Lipinski definition) is 7. The van der Waals surface area contributed by atoms with Crippen molar-refractivity contribution in [2.45, 2.75) is 0 Å². The normalized spacial score (nSPS) is 10.8. The minimum absolute atomic E-state index is 0.394. The molecule has 1 amide bonds. The SMILES string of the molecule is COCCOc1cc(-c2cncs2)nc2ccc(NC(=O)CO)cc12. The molecule has 0 aliphatic heterocycles. The van der Waals surface area contributed by atoms with Crippen LogP contribution in [0.1, 0.15) is 0 Å². The van der Waals surface area contributed by atoms with E-state index in [2.05, 4.69) is 15.3 Å². The van der Waals surface area contributed by atoms with E-state index in [1.807, 2.05) is 6.07 Å². The van der Waals surface area contributed by atoms with Crippen LogP contribution in [0.15, 0.2) is 36.0 Å². The van der Waals surface area contributed by atoms with E-state index in [4.69, 9.17) is 14.6 Å². The van der Waals surface area contributed by atoms with Crippen LogP contribution in [-0.4, -0.2) is 47.9 Å². The van der Waals surface area contributed by atoms with Crippen molar-refractivity contribution in [2.24, 2.45) is 0 Å². The Morgan fingerprint density at radius 1 is 1.32 bits per heavy atom. The van der Waals surface area contributed by atoms with Gasteiger partial charge < -0.3 is 19.9 Å². The quantitative estimate of drug-likeness (QED) is 0.629. The van der Waals surface area contributed by atoms with Crippen molar-refractivity contribution in [1.82, 2.24) is 9.97 Å². The van der Waals surface area contributed by atoms with Crippen LogP contribution < -0.4 is 10.1 Å². The first kappa shape index (κ1) is 17.3. The summed E-state index contributed by atoms with van der Waals surface area (Å²) in [5, 5.41) is 12.3. The maximum atomic E-state index is 11.4. The third kappa shape index (κ3) is 4.11. The predicted molar refractivity (Wildman–Crippen MR) is 95.9 cm³/mol.